The van der Waals surface area contributed by atoms with E-state index < -0.39 is 41.7 Å². The lowest BCUT2D eigenvalue weighted by Gasteiger charge is -2.40. The number of pyridine rings is 1. The maximum Gasteiger partial charge on any atom is 0.276 e. The number of amides is 2. The van der Waals surface area contributed by atoms with E-state index in [1.54, 1.807) is 0 Å². The Labute approximate surface area is 177 Å². The van der Waals surface area contributed by atoms with Crippen molar-refractivity contribution in [2.24, 2.45) is 0 Å². The minimum absolute atomic E-state index is 0.0375. The monoisotopic (exact) mass is 435 g/mol. The molecule has 8 nitrogen and oxygen atoms in total. The number of alkyl halides is 1. The molecule has 1 aromatic rings. The summed E-state index contributed by atoms with van der Waals surface area (Å²) in [6.07, 6.45) is 4.97. The number of allylic oxidation sites excluding steroid dienone is 3. The van der Waals surface area contributed by atoms with Crippen molar-refractivity contribution in [2.75, 3.05) is 26.4 Å². The normalized spacial score (nSPS) is 18.6. The van der Waals surface area contributed by atoms with Crippen LogP contribution in [0.5, 0.6) is 5.75 Å². The van der Waals surface area contributed by atoms with E-state index in [4.69, 9.17) is 4.74 Å². The zero-order valence-electron chi connectivity index (χ0n) is 16.8. The van der Waals surface area contributed by atoms with E-state index >= 15 is 0 Å². The molecule has 2 aliphatic rings. The second kappa shape index (κ2) is 9.69. The number of rotatable bonds is 7. The van der Waals surface area contributed by atoms with Gasteiger partial charge in [-0.05, 0) is 18.1 Å². The van der Waals surface area contributed by atoms with Crippen molar-refractivity contribution in [3.8, 4) is 5.75 Å². The largest absolute Gasteiger partial charge is 0.503 e. The number of nitrogens with one attached hydrogen (secondary N) is 1. The van der Waals surface area contributed by atoms with Crippen molar-refractivity contribution in [3.05, 3.63) is 63.9 Å². The predicted molar refractivity (Wildman–Crippen MR) is 108 cm³/mol. The molecule has 1 fully saturated rings. The van der Waals surface area contributed by atoms with Crippen LogP contribution in [0.25, 0.3) is 0 Å². The molecule has 31 heavy (non-hydrogen) atoms. The smallest absolute Gasteiger partial charge is 0.276 e. The molecule has 2 amide bonds. The van der Waals surface area contributed by atoms with Crippen molar-refractivity contribution in [3.63, 3.8) is 0 Å². The molecule has 0 aromatic carbocycles. The lowest BCUT2D eigenvalue weighted by Crippen LogP contribution is -2.53. The van der Waals surface area contributed by atoms with Crippen LogP contribution in [0.2, 0.25) is 0 Å². The topological polar surface area (TPSA) is 101 Å². The lowest BCUT2D eigenvalue weighted by molar-refractivity contribution is -0.0920. The summed E-state index contributed by atoms with van der Waals surface area (Å²) >= 11 is 0. The van der Waals surface area contributed by atoms with Gasteiger partial charge >= 0.3 is 0 Å². The quantitative estimate of drug-likeness (QED) is 0.637. The van der Waals surface area contributed by atoms with Crippen molar-refractivity contribution in [2.45, 2.75) is 25.6 Å². The lowest BCUT2D eigenvalue weighted by atomic mass is 10.1. The molecule has 1 aromatic heterocycles. The number of ether oxygens (including phenoxy) is 1. The first-order valence-electron chi connectivity index (χ1n) is 9.75. The number of aromatic hydroxyl groups is 1. The second-order valence-corrected chi connectivity index (χ2v) is 7.15. The van der Waals surface area contributed by atoms with Crippen LogP contribution in [0.15, 0.2) is 47.2 Å². The highest BCUT2D eigenvalue weighted by Gasteiger charge is 2.38. The van der Waals surface area contributed by atoms with Gasteiger partial charge in [-0.15, -0.1) is 0 Å². The minimum atomic E-state index is -0.951. The number of carbonyl (C=O) groups is 2. The third-order valence-electron chi connectivity index (χ3n) is 4.96. The molecule has 1 unspecified atom stereocenters. The number of halogens is 2. The van der Waals surface area contributed by atoms with Gasteiger partial charge in [0.05, 0.1) is 13.2 Å². The fourth-order valence-corrected chi connectivity index (χ4v) is 3.41. The third kappa shape index (κ3) is 4.91. The Bertz CT molecular complexity index is 1020. The molecule has 1 atom stereocenters. The van der Waals surface area contributed by atoms with Gasteiger partial charge < -0.3 is 24.6 Å². The molecular weight excluding hydrogens is 412 g/mol. The average Bonchev–Trinajstić information content (AvgIpc) is 2.74. The molecule has 0 spiro atoms. The molecular formula is C21H23F2N3O5. The number of carbonyl (C=O) groups excluding carboxylic acids is 2. The summed E-state index contributed by atoms with van der Waals surface area (Å²) in [6, 6.07) is 0. The summed E-state index contributed by atoms with van der Waals surface area (Å²) in [4.78, 5) is 39.1. The maximum atomic E-state index is 13.1. The second-order valence-electron chi connectivity index (χ2n) is 7.15. The maximum absolute atomic E-state index is 13.1. The molecule has 3 rings (SSSR count). The van der Waals surface area contributed by atoms with E-state index in [9.17, 15) is 28.3 Å². The highest BCUT2D eigenvalue weighted by Crippen LogP contribution is 2.26. The van der Waals surface area contributed by atoms with Crippen LogP contribution < -0.4 is 10.7 Å². The van der Waals surface area contributed by atoms with Crippen LogP contribution in [0.1, 0.15) is 33.7 Å². The van der Waals surface area contributed by atoms with Gasteiger partial charge in [0, 0.05) is 25.7 Å². The summed E-state index contributed by atoms with van der Waals surface area (Å²) in [7, 11) is 0. The van der Waals surface area contributed by atoms with E-state index in [0.29, 0.717) is 25.1 Å². The van der Waals surface area contributed by atoms with Crippen molar-refractivity contribution in [1.82, 2.24) is 14.8 Å². The van der Waals surface area contributed by atoms with Gasteiger partial charge in [0.1, 0.15) is 18.1 Å². The molecule has 0 aliphatic carbocycles. The fraction of sp³-hybridized carbons (Fsp3) is 0.381. The minimum Gasteiger partial charge on any atom is -0.503 e. The summed E-state index contributed by atoms with van der Waals surface area (Å²) < 4.78 is 32.0. The van der Waals surface area contributed by atoms with E-state index in [1.807, 2.05) is 0 Å². The highest BCUT2D eigenvalue weighted by molar-refractivity contribution is 5.99. The number of nitrogens with zero attached hydrogens (tertiary/aromatic N) is 2. The SMILES string of the molecule is C=C(/C=C\C/C(F)=C\CF)CNC(=O)c1cn2c(c(O)c1=O)C(=O)N1CCCOC1C2. The van der Waals surface area contributed by atoms with E-state index in [1.165, 1.54) is 27.8 Å². The Morgan fingerprint density at radius 2 is 2.19 bits per heavy atom. The van der Waals surface area contributed by atoms with E-state index in [0.717, 1.165) is 6.08 Å². The molecule has 0 radical (unpaired) electrons. The van der Waals surface area contributed by atoms with Gasteiger partial charge in [-0.25, -0.2) is 8.78 Å². The average molecular weight is 435 g/mol. The van der Waals surface area contributed by atoms with Gasteiger partial charge in [0.2, 0.25) is 5.43 Å². The van der Waals surface area contributed by atoms with Crippen LogP contribution >= 0.6 is 0 Å². The third-order valence-corrected chi connectivity index (χ3v) is 4.96. The Hall–Kier alpha value is -3.27. The van der Waals surface area contributed by atoms with Gasteiger partial charge in [-0.2, -0.15) is 0 Å². The highest BCUT2D eigenvalue weighted by atomic mass is 19.1. The first-order valence-corrected chi connectivity index (χ1v) is 9.75. The zero-order chi connectivity index (χ0) is 22.5. The van der Waals surface area contributed by atoms with Crippen LogP contribution in [-0.2, 0) is 11.3 Å². The Morgan fingerprint density at radius 1 is 1.42 bits per heavy atom. The van der Waals surface area contributed by atoms with Crippen molar-refractivity contribution >= 4 is 11.8 Å². The van der Waals surface area contributed by atoms with Crippen LogP contribution in [0, 0.1) is 0 Å². The first kappa shape index (κ1) is 22.4. The van der Waals surface area contributed by atoms with Gasteiger partial charge in [0.25, 0.3) is 11.8 Å². The van der Waals surface area contributed by atoms with E-state index in [2.05, 4.69) is 11.9 Å². The number of hydrogen-bond donors (Lipinski definition) is 2. The number of hydrogen-bond acceptors (Lipinski definition) is 5. The predicted octanol–water partition coefficient (Wildman–Crippen LogP) is 1.81. The molecule has 2 aliphatic heterocycles. The van der Waals surface area contributed by atoms with Crippen LogP contribution in [0.3, 0.4) is 0 Å². The van der Waals surface area contributed by atoms with Gasteiger partial charge in [0.15, 0.2) is 17.7 Å². The molecule has 2 N–H and O–H groups in total. The van der Waals surface area contributed by atoms with Crippen molar-refractivity contribution in [1.29, 1.82) is 0 Å². The summed E-state index contributed by atoms with van der Waals surface area (Å²) in [6.45, 7) is 3.92. The zero-order valence-corrected chi connectivity index (χ0v) is 16.8. The molecule has 10 heteroatoms. The number of aromatic nitrogens is 1. The molecule has 166 valence electrons. The van der Waals surface area contributed by atoms with Gasteiger partial charge in [-0.1, -0.05) is 18.7 Å². The standard InChI is InChI=1S/C21H23F2N3O5/c1-13(4-2-5-14(23)6-7-22)10-24-20(29)15-11-25-12-16-26(8-3-9-31-16)21(30)17(25)19(28)18(15)27/h2,4,6,11,16,28H,1,3,5,7-10,12H2,(H,24,29)/b4-2-,14-6+. The first-order chi connectivity index (χ1) is 14.8. The van der Waals surface area contributed by atoms with Crippen LogP contribution in [-0.4, -0.2) is 59.0 Å². The number of fused-ring (bicyclic) bond motifs is 2. The molecule has 0 bridgehead atoms. The molecule has 0 saturated carbocycles. The van der Waals surface area contributed by atoms with Crippen molar-refractivity contribution < 1.29 is 28.2 Å². The molecule has 3 heterocycles. The van der Waals surface area contributed by atoms with E-state index in [-0.39, 0.29) is 30.8 Å². The van der Waals surface area contributed by atoms with Gasteiger partial charge in [-0.3, -0.25) is 14.4 Å². The summed E-state index contributed by atoms with van der Waals surface area (Å²) in [5.74, 6) is -2.68. The Kier molecular flexibility index (Phi) is 7.01. The summed E-state index contributed by atoms with van der Waals surface area (Å²) in [5.41, 5.74) is -1.02. The Balaban J connectivity index is 1.71. The fourth-order valence-electron chi connectivity index (χ4n) is 3.41. The Morgan fingerprint density at radius 3 is 2.94 bits per heavy atom. The summed E-state index contributed by atoms with van der Waals surface area (Å²) in [5, 5.41) is 12.8. The molecule has 1 saturated heterocycles. The van der Waals surface area contributed by atoms with Crippen LogP contribution in [0.4, 0.5) is 8.78 Å².